The molecule has 0 atom stereocenters. The average Bonchev–Trinajstić information content (AvgIpc) is 3.04. The Morgan fingerprint density at radius 1 is 0.600 bits per heavy atom. The second-order valence-electron chi connectivity index (χ2n) is 11.4. The maximum absolute atomic E-state index is 6.13. The third-order valence-electron chi connectivity index (χ3n) is 7.97. The summed E-state index contributed by atoms with van der Waals surface area (Å²) in [5.74, 6) is 0. The van der Waals surface area contributed by atoms with Crippen molar-refractivity contribution in [3.8, 4) is 0 Å². The van der Waals surface area contributed by atoms with Gasteiger partial charge in [0.25, 0.3) is 0 Å². The van der Waals surface area contributed by atoms with E-state index in [4.69, 9.17) is 32.7 Å². The van der Waals surface area contributed by atoms with Crippen LogP contribution in [0.3, 0.4) is 0 Å². The molecule has 244 valence electrons. The first-order chi connectivity index (χ1) is 22.1. The minimum absolute atomic E-state index is 0.668. The fourth-order valence-electron chi connectivity index (χ4n) is 5.52. The van der Waals surface area contributed by atoms with Crippen molar-refractivity contribution in [1.29, 1.82) is 0 Å². The van der Waals surface area contributed by atoms with Crippen molar-refractivity contribution in [2.45, 2.75) is 58.3 Å². The van der Waals surface area contributed by atoms with Gasteiger partial charge >= 0.3 is 0 Å². The molecule has 2 aromatic heterocycles. The number of anilines is 2. The molecule has 0 aliphatic carbocycles. The van der Waals surface area contributed by atoms with E-state index in [0.29, 0.717) is 23.3 Å². The first-order valence-electron chi connectivity index (χ1n) is 16.6. The highest BCUT2D eigenvalue weighted by Crippen LogP contribution is 2.25. The fraction of sp³-hybridized carbons (Fsp3) is 0.500. The van der Waals surface area contributed by atoms with Gasteiger partial charge in [-0.3, -0.25) is 9.97 Å². The number of rotatable bonds is 23. The summed E-state index contributed by atoms with van der Waals surface area (Å²) >= 11 is 12.3. The number of pyridine rings is 2. The first kappa shape index (κ1) is 35.2. The highest BCUT2D eigenvalue weighted by molar-refractivity contribution is 6.31. The minimum atomic E-state index is 0.668. The molecule has 0 aliphatic heterocycles. The van der Waals surface area contributed by atoms with E-state index < -0.39 is 0 Å². The van der Waals surface area contributed by atoms with Gasteiger partial charge in [-0.05, 0) is 94.2 Å². The van der Waals surface area contributed by atoms with Gasteiger partial charge in [-0.25, -0.2) is 0 Å². The molecule has 4 rings (SSSR count). The Hall–Kier alpha value is -2.68. The Labute approximate surface area is 279 Å². The Kier molecular flexibility index (Phi) is 16.0. The van der Waals surface area contributed by atoms with E-state index in [1.165, 1.54) is 38.5 Å². The number of nitrogens with zero attached hydrogens (tertiary/aromatic N) is 3. The van der Waals surface area contributed by atoms with E-state index in [2.05, 4.69) is 25.5 Å². The van der Waals surface area contributed by atoms with Crippen molar-refractivity contribution < 1.29 is 9.47 Å². The molecule has 4 aromatic rings. The highest BCUT2D eigenvalue weighted by atomic mass is 35.5. The number of hydrogen-bond donors (Lipinski definition) is 2. The molecule has 45 heavy (non-hydrogen) atoms. The SMILES string of the molecule is CCOCCOCCN(CCCCCCNc1ccnc2cc(Cl)ccc12)CCCCCCNc1ccnc2cc(Cl)ccc12. The third kappa shape index (κ3) is 12.6. The van der Waals surface area contributed by atoms with Crippen LogP contribution in [0.5, 0.6) is 0 Å². The fourth-order valence-corrected chi connectivity index (χ4v) is 5.85. The molecule has 0 aliphatic rings. The number of benzene rings is 2. The predicted octanol–water partition coefficient (Wildman–Crippen LogP) is 9.09. The predicted molar refractivity (Wildman–Crippen MR) is 191 cm³/mol. The van der Waals surface area contributed by atoms with Gasteiger partial charge in [0.1, 0.15) is 0 Å². The molecular weight excluding hydrogens is 605 g/mol. The zero-order chi connectivity index (χ0) is 31.5. The van der Waals surface area contributed by atoms with Crippen LogP contribution in [0.2, 0.25) is 10.0 Å². The Morgan fingerprint density at radius 2 is 1.11 bits per heavy atom. The zero-order valence-electron chi connectivity index (χ0n) is 26.7. The van der Waals surface area contributed by atoms with E-state index >= 15 is 0 Å². The second-order valence-corrected chi connectivity index (χ2v) is 12.2. The van der Waals surface area contributed by atoms with Crippen molar-refractivity contribution >= 4 is 56.4 Å². The zero-order valence-corrected chi connectivity index (χ0v) is 28.2. The van der Waals surface area contributed by atoms with Crippen LogP contribution in [0.25, 0.3) is 21.8 Å². The molecule has 0 amide bonds. The van der Waals surface area contributed by atoms with E-state index in [1.54, 1.807) is 0 Å². The second kappa shape index (κ2) is 20.4. The molecule has 2 heterocycles. The van der Waals surface area contributed by atoms with E-state index in [9.17, 15) is 0 Å². The van der Waals surface area contributed by atoms with Crippen molar-refractivity contribution in [2.24, 2.45) is 0 Å². The summed E-state index contributed by atoms with van der Waals surface area (Å²) in [6.07, 6.45) is 13.3. The number of ether oxygens (including phenoxy) is 2. The lowest BCUT2D eigenvalue weighted by Crippen LogP contribution is -2.30. The molecule has 0 bridgehead atoms. The summed E-state index contributed by atoms with van der Waals surface area (Å²) in [5.41, 5.74) is 4.10. The van der Waals surface area contributed by atoms with Crippen LogP contribution in [0.4, 0.5) is 11.4 Å². The molecule has 2 N–H and O–H groups in total. The number of unbranched alkanes of at least 4 members (excludes halogenated alkanes) is 6. The summed E-state index contributed by atoms with van der Waals surface area (Å²) in [6.45, 7) is 10.00. The summed E-state index contributed by atoms with van der Waals surface area (Å²) in [4.78, 5) is 11.5. The van der Waals surface area contributed by atoms with Gasteiger partial charge in [0.15, 0.2) is 0 Å². The molecular formula is C36H49Cl2N5O2. The van der Waals surface area contributed by atoms with Crippen molar-refractivity contribution in [2.75, 3.05) is 69.8 Å². The van der Waals surface area contributed by atoms with Crippen molar-refractivity contribution in [3.05, 3.63) is 71.0 Å². The van der Waals surface area contributed by atoms with Gasteiger partial charge in [0.2, 0.25) is 0 Å². The van der Waals surface area contributed by atoms with Crippen LogP contribution in [0.15, 0.2) is 60.9 Å². The topological polar surface area (TPSA) is 71.5 Å². The monoisotopic (exact) mass is 653 g/mol. The number of halogens is 2. The number of aromatic nitrogens is 2. The van der Waals surface area contributed by atoms with Gasteiger partial charge < -0.3 is 25.0 Å². The number of hydrogen-bond acceptors (Lipinski definition) is 7. The Balaban J connectivity index is 1.10. The van der Waals surface area contributed by atoms with Crippen molar-refractivity contribution in [3.63, 3.8) is 0 Å². The van der Waals surface area contributed by atoms with E-state index in [0.717, 1.165) is 92.0 Å². The van der Waals surface area contributed by atoms with Gasteiger partial charge in [-0.2, -0.15) is 0 Å². The molecule has 2 aromatic carbocycles. The Morgan fingerprint density at radius 3 is 1.64 bits per heavy atom. The van der Waals surface area contributed by atoms with Crippen LogP contribution < -0.4 is 10.6 Å². The maximum Gasteiger partial charge on any atom is 0.0737 e. The molecule has 0 fully saturated rings. The van der Waals surface area contributed by atoms with Gasteiger partial charge in [-0.15, -0.1) is 0 Å². The summed E-state index contributed by atoms with van der Waals surface area (Å²) in [6, 6.07) is 15.8. The van der Waals surface area contributed by atoms with Gasteiger partial charge in [0, 0.05) is 70.8 Å². The first-order valence-corrected chi connectivity index (χ1v) is 17.3. The lowest BCUT2D eigenvalue weighted by molar-refractivity contribution is 0.0424. The van der Waals surface area contributed by atoms with Gasteiger partial charge in [0.05, 0.1) is 30.9 Å². The minimum Gasteiger partial charge on any atom is -0.384 e. The molecule has 0 saturated carbocycles. The number of nitrogens with one attached hydrogen (secondary N) is 2. The highest BCUT2D eigenvalue weighted by Gasteiger charge is 2.07. The normalized spacial score (nSPS) is 11.6. The quantitative estimate of drug-likeness (QED) is 0.0774. The molecule has 0 spiro atoms. The molecule has 9 heteroatoms. The van der Waals surface area contributed by atoms with Crippen LogP contribution >= 0.6 is 23.2 Å². The van der Waals surface area contributed by atoms with E-state index in [1.807, 2.05) is 67.8 Å². The van der Waals surface area contributed by atoms with Crippen LogP contribution in [0.1, 0.15) is 58.3 Å². The molecule has 0 radical (unpaired) electrons. The molecule has 0 saturated heterocycles. The maximum atomic E-state index is 6.13. The van der Waals surface area contributed by atoms with Crippen LogP contribution in [0, 0.1) is 0 Å². The van der Waals surface area contributed by atoms with Crippen LogP contribution in [-0.2, 0) is 9.47 Å². The van der Waals surface area contributed by atoms with Gasteiger partial charge in [-0.1, -0.05) is 48.9 Å². The smallest absolute Gasteiger partial charge is 0.0737 e. The molecule has 0 unspecified atom stereocenters. The summed E-state index contributed by atoms with van der Waals surface area (Å²) in [7, 11) is 0. The van der Waals surface area contributed by atoms with Crippen molar-refractivity contribution in [1.82, 2.24) is 14.9 Å². The standard InChI is InChI=1S/C36H49Cl2N5O2/c1-2-44-25-26-45-24-23-43(21-9-5-3-7-17-39-33-15-19-41-35-27-29(37)11-13-31(33)35)22-10-6-4-8-18-40-34-16-20-42-36-28-30(38)12-14-32(34)36/h11-16,19-20,27-28H,2-10,17-18,21-26H2,1H3,(H,39,41)(H,40,42). The lowest BCUT2D eigenvalue weighted by atomic mass is 10.1. The average molecular weight is 655 g/mol. The molecule has 7 nitrogen and oxygen atoms in total. The van der Waals surface area contributed by atoms with Crippen LogP contribution in [-0.4, -0.2) is 74.0 Å². The third-order valence-corrected chi connectivity index (χ3v) is 8.44. The largest absolute Gasteiger partial charge is 0.384 e. The lowest BCUT2D eigenvalue weighted by Gasteiger charge is -2.22. The summed E-state index contributed by atoms with van der Waals surface area (Å²) < 4.78 is 11.2. The number of fused-ring (bicyclic) bond motifs is 2. The Bertz CT molecular complexity index is 1320. The summed E-state index contributed by atoms with van der Waals surface area (Å²) in [5, 5.41) is 10.8. The van der Waals surface area contributed by atoms with E-state index in [-0.39, 0.29) is 0 Å².